The summed E-state index contributed by atoms with van der Waals surface area (Å²) in [4.78, 5) is 0. The maximum absolute atomic E-state index is 6.46. The van der Waals surface area contributed by atoms with Gasteiger partial charge in [0.1, 0.15) is 6.10 Å². The van der Waals surface area contributed by atoms with Gasteiger partial charge in [0.2, 0.25) is 0 Å². The van der Waals surface area contributed by atoms with E-state index in [0.29, 0.717) is 6.61 Å². The first-order valence-corrected chi connectivity index (χ1v) is 9.54. The third-order valence-electron chi connectivity index (χ3n) is 5.24. The number of hydrogen-bond acceptors (Lipinski definition) is 2. The van der Waals surface area contributed by atoms with Crippen molar-refractivity contribution < 1.29 is 9.47 Å². The van der Waals surface area contributed by atoms with Crippen LogP contribution in [0, 0.1) is 0 Å². The van der Waals surface area contributed by atoms with Gasteiger partial charge >= 0.3 is 0 Å². The van der Waals surface area contributed by atoms with Crippen LogP contribution < -0.4 is 0 Å². The fourth-order valence-electron chi connectivity index (χ4n) is 4.26. The molecule has 0 saturated carbocycles. The molecule has 0 spiro atoms. The monoisotopic (exact) mass is 337 g/mol. The average molecular weight is 337 g/mol. The summed E-state index contributed by atoms with van der Waals surface area (Å²) in [6.07, 6.45) is 4.23. The minimum Gasteiger partial charge on any atom is -0.347 e. The Morgan fingerprint density at radius 1 is 0.920 bits per heavy atom. The molecule has 3 nitrogen and oxygen atoms in total. The van der Waals surface area contributed by atoms with E-state index in [1.807, 2.05) is 0 Å². The highest BCUT2D eigenvalue weighted by atomic mass is 16.7. The van der Waals surface area contributed by atoms with Gasteiger partial charge in [-0.25, -0.2) is 0 Å². The summed E-state index contributed by atoms with van der Waals surface area (Å²) in [5.41, 5.74) is 2.55. The zero-order valence-electron chi connectivity index (χ0n) is 15.2. The summed E-state index contributed by atoms with van der Waals surface area (Å²) in [5.74, 6) is -0.368. The summed E-state index contributed by atoms with van der Waals surface area (Å²) in [6, 6.07) is 17.3. The van der Waals surface area contributed by atoms with Crippen LogP contribution in [0.1, 0.15) is 39.5 Å². The third kappa shape index (κ3) is 2.96. The Morgan fingerprint density at radius 2 is 1.48 bits per heavy atom. The number of para-hydroxylation sites is 2. The lowest BCUT2D eigenvalue weighted by Crippen LogP contribution is -2.31. The predicted molar refractivity (Wildman–Crippen MR) is 103 cm³/mol. The third-order valence-corrected chi connectivity index (χ3v) is 5.24. The summed E-state index contributed by atoms with van der Waals surface area (Å²) in [6.45, 7) is 5.92. The molecule has 132 valence electrons. The molecule has 0 amide bonds. The van der Waals surface area contributed by atoms with Crippen LogP contribution in [0.5, 0.6) is 0 Å². The van der Waals surface area contributed by atoms with E-state index in [0.717, 1.165) is 32.2 Å². The molecule has 1 aliphatic heterocycles. The van der Waals surface area contributed by atoms with Crippen molar-refractivity contribution >= 4 is 21.8 Å². The number of aromatic nitrogens is 1. The SMILES string of the molecule is CCCC1(CCC)OCC(Cn2c3ccccc3c3ccccc32)O1. The van der Waals surface area contributed by atoms with Crippen molar-refractivity contribution in [1.29, 1.82) is 0 Å². The number of ether oxygens (including phenoxy) is 2. The molecule has 0 aliphatic carbocycles. The molecule has 0 N–H and O–H groups in total. The van der Waals surface area contributed by atoms with Gasteiger partial charge in [-0.3, -0.25) is 0 Å². The molecule has 1 aromatic heterocycles. The summed E-state index contributed by atoms with van der Waals surface area (Å²) >= 11 is 0. The van der Waals surface area contributed by atoms with Gasteiger partial charge in [-0.05, 0) is 12.1 Å². The maximum atomic E-state index is 6.46. The van der Waals surface area contributed by atoms with Crippen molar-refractivity contribution in [2.75, 3.05) is 6.61 Å². The number of fused-ring (bicyclic) bond motifs is 3. The van der Waals surface area contributed by atoms with Gasteiger partial charge in [-0.1, -0.05) is 63.1 Å². The van der Waals surface area contributed by atoms with Gasteiger partial charge in [0.25, 0.3) is 0 Å². The molecule has 2 heterocycles. The summed E-state index contributed by atoms with van der Waals surface area (Å²) in [7, 11) is 0. The van der Waals surface area contributed by atoms with Gasteiger partial charge in [0.05, 0.1) is 13.2 Å². The number of hydrogen-bond donors (Lipinski definition) is 0. The lowest BCUT2D eigenvalue weighted by molar-refractivity contribution is -0.178. The molecule has 0 bridgehead atoms. The lowest BCUT2D eigenvalue weighted by Gasteiger charge is -2.27. The summed E-state index contributed by atoms with van der Waals surface area (Å²) in [5, 5.41) is 2.62. The highest BCUT2D eigenvalue weighted by molar-refractivity contribution is 6.07. The highest BCUT2D eigenvalue weighted by Gasteiger charge is 2.40. The molecule has 1 atom stereocenters. The highest BCUT2D eigenvalue weighted by Crippen LogP contribution is 2.35. The van der Waals surface area contributed by atoms with Crippen molar-refractivity contribution in [2.45, 2.75) is 58.0 Å². The van der Waals surface area contributed by atoms with Crippen LogP contribution in [-0.2, 0) is 16.0 Å². The van der Waals surface area contributed by atoms with E-state index in [1.165, 1.54) is 21.8 Å². The van der Waals surface area contributed by atoms with Crippen molar-refractivity contribution in [2.24, 2.45) is 0 Å². The Morgan fingerprint density at radius 3 is 2.04 bits per heavy atom. The summed E-state index contributed by atoms with van der Waals surface area (Å²) < 4.78 is 15.0. The molecule has 3 heteroatoms. The van der Waals surface area contributed by atoms with E-state index >= 15 is 0 Å². The van der Waals surface area contributed by atoms with E-state index in [-0.39, 0.29) is 11.9 Å². The van der Waals surface area contributed by atoms with Crippen molar-refractivity contribution in [3.8, 4) is 0 Å². The second-order valence-electron chi connectivity index (χ2n) is 7.11. The van der Waals surface area contributed by atoms with Gasteiger partial charge < -0.3 is 14.0 Å². The number of rotatable bonds is 6. The van der Waals surface area contributed by atoms with E-state index in [9.17, 15) is 0 Å². The molecule has 1 fully saturated rings. The lowest BCUT2D eigenvalue weighted by atomic mass is 10.1. The Hall–Kier alpha value is -1.84. The van der Waals surface area contributed by atoms with Crippen molar-refractivity contribution in [3.63, 3.8) is 0 Å². The first-order chi connectivity index (χ1) is 12.3. The first kappa shape index (κ1) is 16.6. The maximum Gasteiger partial charge on any atom is 0.168 e. The topological polar surface area (TPSA) is 23.4 Å². The Kier molecular flexibility index (Phi) is 4.53. The predicted octanol–water partition coefficient (Wildman–Crippen LogP) is 5.51. The van der Waals surface area contributed by atoms with Crippen LogP contribution in [-0.4, -0.2) is 23.1 Å². The molecule has 4 rings (SSSR count). The normalized spacial score (nSPS) is 19.8. The van der Waals surface area contributed by atoms with Crippen LogP contribution in [0.4, 0.5) is 0 Å². The molecular formula is C22H27NO2. The Bertz CT molecular complexity index is 807. The zero-order chi connectivity index (χ0) is 17.3. The van der Waals surface area contributed by atoms with Crippen LogP contribution in [0.15, 0.2) is 48.5 Å². The van der Waals surface area contributed by atoms with Crippen LogP contribution in [0.2, 0.25) is 0 Å². The molecule has 1 saturated heterocycles. The fraction of sp³-hybridized carbons (Fsp3) is 0.455. The molecular weight excluding hydrogens is 310 g/mol. The molecule has 0 radical (unpaired) electrons. The molecule has 1 unspecified atom stereocenters. The largest absolute Gasteiger partial charge is 0.347 e. The standard InChI is InChI=1S/C22H27NO2/c1-3-13-22(14-4-2)24-16-17(25-22)15-23-20-11-7-5-9-18(20)19-10-6-8-12-21(19)23/h5-12,17H,3-4,13-16H2,1-2H3. The van der Waals surface area contributed by atoms with Crippen molar-refractivity contribution in [1.82, 2.24) is 4.57 Å². The van der Waals surface area contributed by atoms with E-state index < -0.39 is 0 Å². The number of benzene rings is 2. The molecule has 1 aliphatic rings. The smallest absolute Gasteiger partial charge is 0.168 e. The minimum atomic E-state index is -0.368. The first-order valence-electron chi connectivity index (χ1n) is 9.54. The molecule has 25 heavy (non-hydrogen) atoms. The molecule has 2 aromatic carbocycles. The van der Waals surface area contributed by atoms with Crippen LogP contribution >= 0.6 is 0 Å². The fourth-order valence-corrected chi connectivity index (χ4v) is 4.26. The molecule has 3 aromatic rings. The zero-order valence-corrected chi connectivity index (χ0v) is 15.2. The van der Waals surface area contributed by atoms with E-state index in [2.05, 4.69) is 66.9 Å². The van der Waals surface area contributed by atoms with Crippen LogP contribution in [0.3, 0.4) is 0 Å². The van der Waals surface area contributed by atoms with Gasteiger partial charge in [-0.15, -0.1) is 0 Å². The quantitative estimate of drug-likeness (QED) is 0.592. The second kappa shape index (κ2) is 6.81. The van der Waals surface area contributed by atoms with Crippen LogP contribution in [0.25, 0.3) is 21.8 Å². The van der Waals surface area contributed by atoms with E-state index in [1.54, 1.807) is 0 Å². The number of nitrogens with zero attached hydrogens (tertiary/aromatic N) is 1. The Labute approximate surface area is 149 Å². The van der Waals surface area contributed by atoms with Gasteiger partial charge in [0, 0.05) is 34.6 Å². The van der Waals surface area contributed by atoms with Gasteiger partial charge in [0.15, 0.2) is 5.79 Å². The van der Waals surface area contributed by atoms with Crippen molar-refractivity contribution in [3.05, 3.63) is 48.5 Å². The van der Waals surface area contributed by atoms with E-state index in [4.69, 9.17) is 9.47 Å². The average Bonchev–Trinajstić information content (AvgIpc) is 3.17. The minimum absolute atomic E-state index is 0.109. The Balaban J connectivity index is 1.67. The second-order valence-corrected chi connectivity index (χ2v) is 7.11. The van der Waals surface area contributed by atoms with Gasteiger partial charge in [-0.2, -0.15) is 0 Å².